The number of benzene rings is 1. The van der Waals surface area contributed by atoms with Crippen molar-refractivity contribution in [2.75, 3.05) is 20.4 Å². The van der Waals surface area contributed by atoms with Crippen molar-refractivity contribution in [1.82, 2.24) is 4.67 Å². The van der Waals surface area contributed by atoms with Gasteiger partial charge < -0.3 is 0 Å². The minimum atomic E-state index is -2.39. The van der Waals surface area contributed by atoms with E-state index in [2.05, 4.69) is 56.2 Å². The summed E-state index contributed by atoms with van der Waals surface area (Å²) in [6, 6.07) is 10.8. The van der Waals surface area contributed by atoms with Gasteiger partial charge in [-0.05, 0) is 0 Å². The Kier molecular flexibility index (Phi) is 2.87. The van der Waals surface area contributed by atoms with Crippen molar-refractivity contribution >= 4 is 18.4 Å². The molecule has 0 saturated carbocycles. The van der Waals surface area contributed by atoms with Gasteiger partial charge in [-0.15, -0.1) is 0 Å². The molecule has 0 aromatic heterocycles. The second kappa shape index (κ2) is 3.71. The molecule has 1 heterocycles. The zero-order valence-corrected chi connectivity index (χ0v) is 12.1. The van der Waals surface area contributed by atoms with Crippen molar-refractivity contribution in [2.24, 2.45) is 0 Å². The molecule has 1 fully saturated rings. The van der Waals surface area contributed by atoms with Crippen LogP contribution in [0.4, 0.5) is 0 Å². The van der Waals surface area contributed by atoms with Gasteiger partial charge in [-0.1, -0.05) is 0 Å². The number of likely N-dealkylation sites (N-methyl/N-ethyl adjacent to an activating group) is 1. The van der Waals surface area contributed by atoms with Gasteiger partial charge in [-0.2, -0.15) is 0 Å². The Morgan fingerprint density at radius 3 is 2.25 bits per heavy atom. The van der Waals surface area contributed by atoms with Gasteiger partial charge in [0.15, 0.2) is 0 Å². The summed E-state index contributed by atoms with van der Waals surface area (Å²) in [6.07, 6.45) is -2.26. The first-order chi connectivity index (χ1) is 7.30. The van der Waals surface area contributed by atoms with E-state index >= 15 is 0 Å². The molecule has 4 heteroatoms. The summed E-state index contributed by atoms with van der Waals surface area (Å²) in [6.45, 7) is 6.47. The molecule has 90 valence electrons. The third-order valence-electron chi connectivity index (χ3n) is 3.48. The van der Waals surface area contributed by atoms with Crippen LogP contribution in [0.1, 0.15) is 18.6 Å². The Morgan fingerprint density at radius 1 is 1.25 bits per heavy atom. The van der Waals surface area contributed by atoms with E-state index in [-0.39, 0.29) is 6.10 Å². The van der Waals surface area contributed by atoms with E-state index in [1.165, 1.54) is 5.56 Å². The van der Waals surface area contributed by atoms with Crippen LogP contribution in [0, 0.1) is 0 Å². The monoisotopic (exact) mass is 257 g/mol. The average Bonchev–Trinajstić information content (AvgIpc) is 2.40. The SMILES string of the molecule is C[C@H]1[C@@H](c2ccccc2)OP(C)(C)(S)N1C. The van der Waals surface area contributed by atoms with Gasteiger partial charge in [-0.25, -0.2) is 0 Å². The molecule has 0 radical (unpaired) electrons. The van der Waals surface area contributed by atoms with Crippen molar-refractivity contribution in [1.29, 1.82) is 0 Å². The van der Waals surface area contributed by atoms with Crippen LogP contribution in [0.3, 0.4) is 0 Å². The second-order valence-electron chi connectivity index (χ2n) is 5.12. The van der Waals surface area contributed by atoms with Crippen LogP contribution in [-0.4, -0.2) is 31.1 Å². The molecule has 2 atom stereocenters. The topological polar surface area (TPSA) is 12.5 Å². The molecule has 0 aliphatic carbocycles. The summed E-state index contributed by atoms with van der Waals surface area (Å²) < 4.78 is 8.57. The van der Waals surface area contributed by atoms with Crippen molar-refractivity contribution in [2.45, 2.75) is 19.1 Å². The summed E-state index contributed by atoms with van der Waals surface area (Å²) in [5.74, 6) is 0. The Labute approximate surface area is 103 Å². The predicted octanol–water partition coefficient (Wildman–Crippen LogP) is 3.57. The van der Waals surface area contributed by atoms with Gasteiger partial charge in [0.1, 0.15) is 0 Å². The molecule has 1 aliphatic heterocycles. The first kappa shape index (κ1) is 12.4. The molecular formula is C12H20NOPS. The van der Waals surface area contributed by atoms with Crippen LogP contribution >= 0.6 is 18.4 Å². The molecule has 16 heavy (non-hydrogen) atoms. The van der Waals surface area contributed by atoms with E-state index in [9.17, 15) is 0 Å². The third-order valence-corrected chi connectivity index (χ3v) is 7.61. The normalized spacial score (nSPS) is 35.4. The summed E-state index contributed by atoms with van der Waals surface area (Å²) >= 11 is 4.80. The maximum atomic E-state index is 6.27. The molecule has 0 amide bonds. The number of rotatable bonds is 1. The zero-order chi connectivity index (χ0) is 12.0. The number of hydrogen-bond acceptors (Lipinski definition) is 3. The molecule has 0 unspecified atom stereocenters. The summed E-state index contributed by atoms with van der Waals surface area (Å²) in [5, 5.41) is 0. The van der Waals surface area contributed by atoms with Crippen molar-refractivity contribution in [3.8, 4) is 0 Å². The minimum absolute atomic E-state index is 0.136. The van der Waals surface area contributed by atoms with Gasteiger partial charge in [-0.3, -0.25) is 0 Å². The molecule has 0 bridgehead atoms. The standard InChI is InChI=1S/C12H20NOPS/c1-10-12(11-8-6-5-7-9-11)14-15(3,4,16)13(10)2/h5-10,12,16H,1-4H3/t10-,12-/m0/s1. The molecule has 1 aliphatic rings. The van der Waals surface area contributed by atoms with Crippen LogP contribution in [0.2, 0.25) is 0 Å². The van der Waals surface area contributed by atoms with E-state index in [0.29, 0.717) is 6.04 Å². The van der Waals surface area contributed by atoms with E-state index in [1.54, 1.807) is 0 Å². The summed E-state index contributed by atoms with van der Waals surface area (Å²) in [5.41, 5.74) is 1.24. The first-order valence-electron chi connectivity index (χ1n) is 5.53. The predicted molar refractivity (Wildman–Crippen MR) is 75.2 cm³/mol. The first-order valence-corrected chi connectivity index (χ1v) is 9.68. The van der Waals surface area contributed by atoms with Gasteiger partial charge in [0, 0.05) is 0 Å². The fourth-order valence-electron chi connectivity index (χ4n) is 2.19. The van der Waals surface area contributed by atoms with Crippen molar-refractivity contribution in [3.63, 3.8) is 0 Å². The molecular weight excluding hydrogens is 237 g/mol. The van der Waals surface area contributed by atoms with E-state index in [4.69, 9.17) is 16.8 Å². The molecule has 2 nitrogen and oxygen atoms in total. The Balaban J connectivity index is 2.34. The van der Waals surface area contributed by atoms with E-state index in [1.807, 2.05) is 6.07 Å². The quantitative estimate of drug-likeness (QED) is 0.610. The van der Waals surface area contributed by atoms with Gasteiger partial charge in [0.2, 0.25) is 0 Å². The molecule has 0 spiro atoms. The van der Waals surface area contributed by atoms with Crippen LogP contribution in [-0.2, 0) is 4.52 Å². The van der Waals surface area contributed by atoms with E-state index in [0.717, 1.165) is 0 Å². The van der Waals surface area contributed by atoms with Crippen LogP contribution in [0.25, 0.3) is 0 Å². The van der Waals surface area contributed by atoms with Crippen molar-refractivity contribution < 1.29 is 4.52 Å². The van der Waals surface area contributed by atoms with Crippen LogP contribution in [0.15, 0.2) is 30.3 Å². The number of nitrogens with zero attached hydrogens (tertiary/aromatic N) is 1. The van der Waals surface area contributed by atoms with Crippen molar-refractivity contribution in [3.05, 3.63) is 35.9 Å². The number of hydrogen-bond donors (Lipinski definition) is 1. The number of thiol groups is 1. The van der Waals surface area contributed by atoms with Gasteiger partial charge in [0.05, 0.1) is 0 Å². The van der Waals surface area contributed by atoms with Crippen LogP contribution < -0.4 is 0 Å². The Morgan fingerprint density at radius 2 is 1.81 bits per heavy atom. The molecule has 1 saturated heterocycles. The summed E-state index contributed by atoms with van der Waals surface area (Å²) in [4.78, 5) is 0. The molecule has 1 aromatic rings. The van der Waals surface area contributed by atoms with Crippen LogP contribution in [0.5, 0.6) is 0 Å². The fraction of sp³-hybridized carbons (Fsp3) is 0.500. The Hall–Kier alpha value is -0.0800. The molecule has 1 aromatic carbocycles. The van der Waals surface area contributed by atoms with Gasteiger partial charge >= 0.3 is 103 Å². The second-order valence-corrected chi connectivity index (χ2v) is 13.1. The Bertz CT molecular complexity index is 387. The zero-order valence-electron chi connectivity index (χ0n) is 10.3. The summed E-state index contributed by atoms with van der Waals surface area (Å²) in [7, 11) is 2.11. The van der Waals surface area contributed by atoms with Gasteiger partial charge in [0.25, 0.3) is 0 Å². The van der Waals surface area contributed by atoms with E-state index < -0.39 is 6.18 Å². The molecule has 0 N–H and O–H groups in total. The molecule has 2 rings (SSSR count). The average molecular weight is 257 g/mol. The third kappa shape index (κ3) is 2.02. The fourth-order valence-corrected chi connectivity index (χ4v) is 5.25. The maximum absolute atomic E-state index is 6.27.